The van der Waals surface area contributed by atoms with Crippen LogP contribution in [-0.2, 0) is 41.9 Å². The minimum Gasteiger partial charge on any atom is -0.480 e. The first-order valence-corrected chi connectivity index (χ1v) is 20.0. The van der Waals surface area contributed by atoms with Crippen LogP contribution in [0.4, 0.5) is 42.1 Å². The number of alkyl halides is 6. The highest BCUT2D eigenvalue weighted by Gasteiger charge is 2.34. The van der Waals surface area contributed by atoms with Crippen molar-refractivity contribution in [3.8, 4) is 23.0 Å². The first kappa shape index (κ1) is 48.9. The third-order valence-corrected chi connectivity index (χ3v) is 8.60. The predicted molar refractivity (Wildman–Crippen MR) is 201 cm³/mol. The van der Waals surface area contributed by atoms with Gasteiger partial charge in [0.05, 0.1) is 62.8 Å². The maximum atomic E-state index is 14.1. The van der Waals surface area contributed by atoms with Gasteiger partial charge in [0, 0.05) is 24.3 Å². The average molecular weight is 958 g/mol. The van der Waals surface area contributed by atoms with Crippen molar-refractivity contribution in [1.29, 1.82) is 0 Å². The largest absolute Gasteiger partial charge is 0.480 e. The fourth-order valence-electron chi connectivity index (χ4n) is 4.39. The number of benzene rings is 4. The van der Waals surface area contributed by atoms with Gasteiger partial charge in [-0.15, -0.1) is 8.80 Å². The molecule has 0 aliphatic carbocycles. The normalized spacial score (nSPS) is 12.6. The van der Waals surface area contributed by atoms with Gasteiger partial charge in [-0.25, -0.2) is 21.2 Å². The van der Waals surface area contributed by atoms with Gasteiger partial charge in [0.1, 0.15) is 22.6 Å². The fourth-order valence-corrected chi connectivity index (χ4v) is 6.15. The number of hydrogen-bond donors (Lipinski definition) is 0. The third-order valence-electron chi connectivity index (χ3n) is 6.77. The molecule has 0 heterocycles. The molecule has 0 bridgehead atoms. The zero-order valence-corrected chi connectivity index (χ0v) is 34.0. The maximum absolute atomic E-state index is 14.1. The number of nitro benzene ring substituents is 2. The van der Waals surface area contributed by atoms with Crippen molar-refractivity contribution in [2.45, 2.75) is 12.4 Å². The minimum atomic E-state index is -4.85. The molecule has 0 aromatic heterocycles. The molecule has 0 unspecified atom stereocenters. The summed E-state index contributed by atoms with van der Waals surface area (Å²) in [6, 6.07) is 7.68. The molecule has 0 aliphatic heterocycles. The van der Waals surface area contributed by atoms with Crippen LogP contribution in [0.5, 0.6) is 23.0 Å². The van der Waals surface area contributed by atoms with E-state index in [1.54, 1.807) is 0 Å². The van der Waals surface area contributed by atoms with Gasteiger partial charge < -0.3 is 18.9 Å². The van der Waals surface area contributed by atoms with Crippen LogP contribution in [0, 0.1) is 26.0 Å². The Bertz CT molecular complexity index is 2400. The number of nitro groups is 2. The van der Waals surface area contributed by atoms with Gasteiger partial charge in [0.2, 0.25) is 11.8 Å². The second-order valence-corrected chi connectivity index (χ2v) is 15.8. The number of methoxy groups -OCH3 is 2. The molecule has 60 heavy (non-hydrogen) atoms. The van der Waals surface area contributed by atoms with Crippen LogP contribution in [-0.4, -0.2) is 65.2 Å². The molecule has 0 fully saturated rings. The van der Waals surface area contributed by atoms with Crippen LogP contribution in [0.3, 0.4) is 0 Å². The monoisotopic (exact) mass is 956 g/mol. The molecule has 0 atom stereocenters. The molecule has 4 aromatic carbocycles. The van der Waals surface area contributed by atoms with Crippen molar-refractivity contribution in [1.82, 2.24) is 0 Å². The highest BCUT2D eigenvalue weighted by Crippen LogP contribution is 2.43. The summed E-state index contributed by atoms with van der Waals surface area (Å²) in [6.45, 7) is 0. The Morgan fingerprint density at radius 3 is 1.25 bits per heavy atom. The van der Waals surface area contributed by atoms with E-state index in [2.05, 4.69) is 8.80 Å². The Morgan fingerprint density at radius 2 is 0.950 bits per heavy atom. The van der Waals surface area contributed by atoms with Gasteiger partial charge in [-0.1, -0.05) is 34.8 Å². The summed E-state index contributed by atoms with van der Waals surface area (Å²) < 4.78 is 163. The number of sulfonamides is 2. The summed E-state index contributed by atoms with van der Waals surface area (Å²) in [4.78, 5) is 20.8. The van der Waals surface area contributed by atoms with E-state index in [4.69, 9.17) is 53.8 Å². The topological polar surface area (TPSA) is 216 Å². The molecule has 4 rings (SSSR count). The molecule has 0 saturated heterocycles. The second kappa shape index (κ2) is 18.8. The van der Waals surface area contributed by atoms with Gasteiger partial charge in [0.25, 0.3) is 31.4 Å². The zero-order chi connectivity index (χ0) is 45.7. The van der Waals surface area contributed by atoms with E-state index in [0.29, 0.717) is 18.2 Å². The first-order chi connectivity index (χ1) is 27.4. The van der Waals surface area contributed by atoms with Crippen molar-refractivity contribution in [2.24, 2.45) is 8.80 Å². The highest BCUT2D eigenvalue weighted by molar-refractivity contribution is 7.89. The molecule has 0 N–H and O–H groups in total. The van der Waals surface area contributed by atoms with E-state index < -0.39 is 109 Å². The lowest BCUT2D eigenvalue weighted by molar-refractivity contribution is -0.385. The lowest BCUT2D eigenvalue weighted by Gasteiger charge is -2.14. The Kier molecular flexibility index (Phi) is 15.3. The van der Waals surface area contributed by atoms with Gasteiger partial charge in [-0.2, -0.15) is 26.3 Å². The maximum Gasteiger partial charge on any atom is 0.416 e. The van der Waals surface area contributed by atoms with Gasteiger partial charge in [-0.3, -0.25) is 20.2 Å². The van der Waals surface area contributed by atoms with Crippen LogP contribution in [0.2, 0.25) is 15.1 Å². The zero-order valence-electron chi connectivity index (χ0n) is 30.1. The predicted octanol–water partition coefficient (Wildman–Crippen LogP) is 9.62. The summed E-state index contributed by atoms with van der Waals surface area (Å²) in [6.07, 6.45) is -8.07. The molecular formula is C32H22Cl3F7N4O12S2. The lowest BCUT2D eigenvalue weighted by Crippen LogP contribution is -2.10. The molecule has 0 amide bonds. The summed E-state index contributed by atoms with van der Waals surface area (Å²) >= 11 is 17.4. The van der Waals surface area contributed by atoms with Crippen molar-refractivity contribution >= 4 is 78.0 Å². The third kappa shape index (κ3) is 13.3. The van der Waals surface area contributed by atoms with E-state index in [1.165, 1.54) is 0 Å². The van der Waals surface area contributed by atoms with Crippen LogP contribution in [0.25, 0.3) is 0 Å². The van der Waals surface area contributed by atoms with Crippen LogP contribution in [0.15, 0.2) is 69.5 Å². The van der Waals surface area contributed by atoms with Crippen molar-refractivity contribution < 1.29 is 76.4 Å². The Labute approximate surface area is 348 Å². The fraction of sp³-hybridized carbons (Fsp3) is 0.188. The van der Waals surface area contributed by atoms with Crippen molar-refractivity contribution in [3.63, 3.8) is 0 Å². The molecule has 324 valence electrons. The Balaban J connectivity index is 0.000000320. The standard InChI is InChI=1S/C16H11Cl2F3N2O6S.C16H11ClF4N2O6S/c2*1-28-15(22-30(2,26)27)10-7-9(3-4-13(10)23(24)25)29-14-11(17)5-8(6-12(14)18)16(19,20)21/h2*3-7H,1-2H3. The molecule has 0 radical (unpaired) electrons. The van der Waals surface area contributed by atoms with Gasteiger partial charge in [0.15, 0.2) is 17.3 Å². The number of ether oxygens (including phenoxy) is 4. The van der Waals surface area contributed by atoms with Crippen molar-refractivity contribution in [3.05, 3.63) is 124 Å². The highest BCUT2D eigenvalue weighted by atomic mass is 35.5. The average Bonchev–Trinajstić information content (AvgIpc) is 3.10. The van der Waals surface area contributed by atoms with E-state index in [1.807, 2.05) is 0 Å². The quantitative estimate of drug-likeness (QED) is 0.0477. The van der Waals surface area contributed by atoms with Crippen LogP contribution in [0.1, 0.15) is 22.3 Å². The number of halogens is 10. The first-order valence-electron chi connectivity index (χ1n) is 15.2. The molecular weight excluding hydrogens is 936 g/mol. The van der Waals surface area contributed by atoms with E-state index in [9.17, 15) is 67.8 Å². The summed E-state index contributed by atoms with van der Waals surface area (Å²) in [5.74, 6) is -4.28. The summed E-state index contributed by atoms with van der Waals surface area (Å²) in [5, 5.41) is 20.9. The van der Waals surface area contributed by atoms with Crippen LogP contribution >= 0.6 is 34.8 Å². The van der Waals surface area contributed by atoms with Gasteiger partial charge in [-0.05, 0) is 36.4 Å². The molecule has 0 spiro atoms. The molecule has 28 heteroatoms. The van der Waals surface area contributed by atoms with E-state index >= 15 is 0 Å². The lowest BCUT2D eigenvalue weighted by atomic mass is 10.1. The molecule has 16 nitrogen and oxygen atoms in total. The molecule has 0 saturated carbocycles. The number of hydrogen-bond acceptors (Lipinski definition) is 12. The minimum absolute atomic E-state index is 0.155. The van der Waals surface area contributed by atoms with Crippen molar-refractivity contribution in [2.75, 3.05) is 26.7 Å². The summed E-state index contributed by atoms with van der Waals surface area (Å²) in [7, 11) is -5.94. The Morgan fingerprint density at radius 1 is 0.617 bits per heavy atom. The smallest absolute Gasteiger partial charge is 0.416 e. The van der Waals surface area contributed by atoms with Crippen LogP contribution < -0.4 is 9.47 Å². The Hall–Kier alpha value is -5.50. The molecule has 4 aromatic rings. The van der Waals surface area contributed by atoms with Gasteiger partial charge >= 0.3 is 12.4 Å². The number of rotatable bonds is 10. The summed E-state index contributed by atoms with van der Waals surface area (Å²) in [5.41, 5.74) is -4.42. The SMILES string of the molecule is COC(=NS(C)(=O)=O)c1cc(Oc2c(Cl)cc(C(F)(F)F)cc2Cl)ccc1[N+](=O)[O-].COC(=NS(C)(=O)=O)c1cc(Oc2c(F)cc(C(F)(F)F)cc2Cl)ccc1[N+](=O)[O-]. The van der Waals surface area contributed by atoms with E-state index in [-0.39, 0.29) is 28.9 Å². The molecule has 0 aliphatic rings. The second-order valence-electron chi connectivity index (χ2n) is 11.3. The number of nitrogens with zero attached hydrogens (tertiary/aromatic N) is 4. The van der Waals surface area contributed by atoms with E-state index in [0.717, 1.165) is 63.1 Å².